The van der Waals surface area contributed by atoms with Crippen molar-refractivity contribution < 1.29 is 9.53 Å². The Bertz CT molecular complexity index is 254. The summed E-state index contributed by atoms with van der Waals surface area (Å²) in [5, 5.41) is 3.38. The lowest BCUT2D eigenvalue weighted by atomic mass is 9.62. The van der Waals surface area contributed by atoms with Crippen LogP contribution in [0.3, 0.4) is 0 Å². The highest BCUT2D eigenvalue weighted by atomic mass is 16.5. The van der Waals surface area contributed by atoms with Crippen LogP contribution >= 0.6 is 0 Å². The molecule has 3 heteroatoms. The Hall–Kier alpha value is -0.570. The Morgan fingerprint density at radius 2 is 2.27 bits per heavy atom. The normalized spacial score (nSPS) is 40.7. The summed E-state index contributed by atoms with van der Waals surface area (Å²) in [5.41, 5.74) is 0.186. The molecule has 86 valence electrons. The molecule has 0 radical (unpaired) electrons. The Balaban J connectivity index is 2.20. The third-order valence-corrected chi connectivity index (χ3v) is 4.49. The summed E-state index contributed by atoms with van der Waals surface area (Å²) >= 11 is 0. The van der Waals surface area contributed by atoms with Crippen molar-refractivity contribution >= 4 is 5.97 Å². The quantitative estimate of drug-likeness (QED) is 0.669. The third-order valence-electron chi connectivity index (χ3n) is 4.49. The summed E-state index contributed by atoms with van der Waals surface area (Å²) in [6, 6.07) is 0. The van der Waals surface area contributed by atoms with E-state index in [2.05, 4.69) is 12.2 Å². The lowest BCUT2D eigenvalue weighted by Gasteiger charge is -2.42. The van der Waals surface area contributed by atoms with Crippen molar-refractivity contribution in [2.24, 2.45) is 17.3 Å². The highest BCUT2D eigenvalue weighted by Crippen LogP contribution is 2.48. The number of nitrogens with one attached hydrogen (secondary N) is 1. The Morgan fingerprint density at radius 3 is 2.93 bits per heavy atom. The number of esters is 1. The number of carbonyl (C=O) groups is 1. The van der Waals surface area contributed by atoms with E-state index in [1.807, 2.05) is 0 Å². The van der Waals surface area contributed by atoms with E-state index >= 15 is 0 Å². The van der Waals surface area contributed by atoms with E-state index in [1.54, 1.807) is 0 Å². The van der Waals surface area contributed by atoms with Crippen LogP contribution < -0.4 is 5.32 Å². The van der Waals surface area contributed by atoms with Gasteiger partial charge in [0.1, 0.15) is 0 Å². The molecule has 0 aromatic carbocycles. The van der Waals surface area contributed by atoms with Crippen LogP contribution in [0.1, 0.15) is 32.6 Å². The maximum absolute atomic E-state index is 11.8. The van der Waals surface area contributed by atoms with E-state index in [-0.39, 0.29) is 17.3 Å². The minimum Gasteiger partial charge on any atom is -0.469 e. The minimum absolute atomic E-state index is 0.0197. The molecular formula is C12H21NO2. The summed E-state index contributed by atoms with van der Waals surface area (Å²) < 4.78 is 4.93. The van der Waals surface area contributed by atoms with Crippen molar-refractivity contribution in [2.75, 3.05) is 20.2 Å². The first-order valence-corrected chi connectivity index (χ1v) is 5.99. The standard InChI is InChI=1S/C12H21NO2/c1-9-5-3-4-6-12(9)8-13-7-10(12)11(14)15-2/h9-10,13H,3-8H2,1-2H3. The van der Waals surface area contributed by atoms with Gasteiger partial charge in [-0.1, -0.05) is 26.2 Å². The van der Waals surface area contributed by atoms with Crippen LogP contribution in [0.15, 0.2) is 0 Å². The summed E-state index contributed by atoms with van der Waals surface area (Å²) in [6.07, 6.45) is 5.02. The number of methoxy groups -OCH3 is 1. The molecule has 3 unspecified atom stereocenters. The van der Waals surface area contributed by atoms with Gasteiger partial charge in [-0.15, -0.1) is 0 Å². The Morgan fingerprint density at radius 1 is 1.47 bits per heavy atom. The predicted octanol–water partition coefficient (Wildman–Crippen LogP) is 1.58. The van der Waals surface area contributed by atoms with Crippen LogP contribution in [-0.2, 0) is 9.53 Å². The average Bonchev–Trinajstić information content (AvgIpc) is 2.66. The molecule has 1 N–H and O–H groups in total. The molecular weight excluding hydrogens is 190 g/mol. The Labute approximate surface area is 91.6 Å². The van der Waals surface area contributed by atoms with Gasteiger partial charge in [0.2, 0.25) is 0 Å². The number of rotatable bonds is 1. The third kappa shape index (κ3) is 1.67. The van der Waals surface area contributed by atoms with E-state index < -0.39 is 0 Å². The summed E-state index contributed by atoms with van der Waals surface area (Å²) in [6.45, 7) is 4.09. The zero-order chi connectivity index (χ0) is 10.9. The second-order valence-electron chi connectivity index (χ2n) is 5.09. The molecule has 1 saturated heterocycles. The molecule has 1 heterocycles. The van der Waals surface area contributed by atoms with Crippen molar-refractivity contribution in [3.05, 3.63) is 0 Å². The van der Waals surface area contributed by atoms with Gasteiger partial charge in [-0.3, -0.25) is 4.79 Å². The van der Waals surface area contributed by atoms with Crippen molar-refractivity contribution in [1.82, 2.24) is 5.32 Å². The van der Waals surface area contributed by atoms with Crippen LogP contribution in [0.25, 0.3) is 0 Å². The number of hydrogen-bond donors (Lipinski definition) is 1. The van der Waals surface area contributed by atoms with Gasteiger partial charge in [-0.25, -0.2) is 0 Å². The molecule has 1 aliphatic carbocycles. The fourth-order valence-electron chi connectivity index (χ4n) is 3.45. The average molecular weight is 211 g/mol. The van der Waals surface area contributed by atoms with Gasteiger partial charge in [-0.2, -0.15) is 0 Å². The van der Waals surface area contributed by atoms with Crippen LogP contribution in [0, 0.1) is 17.3 Å². The fourth-order valence-corrected chi connectivity index (χ4v) is 3.45. The molecule has 0 amide bonds. The summed E-state index contributed by atoms with van der Waals surface area (Å²) in [4.78, 5) is 11.8. The SMILES string of the molecule is COC(=O)C1CNCC12CCCCC2C. The Kier molecular flexibility index (Phi) is 3.01. The second kappa shape index (κ2) is 4.12. The van der Waals surface area contributed by atoms with Gasteiger partial charge in [0.05, 0.1) is 13.0 Å². The highest BCUT2D eigenvalue weighted by molar-refractivity contribution is 5.74. The minimum atomic E-state index is -0.0197. The van der Waals surface area contributed by atoms with Crippen LogP contribution in [0.5, 0.6) is 0 Å². The molecule has 1 saturated carbocycles. The van der Waals surface area contributed by atoms with Crippen molar-refractivity contribution in [1.29, 1.82) is 0 Å². The van der Waals surface area contributed by atoms with Crippen LogP contribution in [0.4, 0.5) is 0 Å². The zero-order valence-electron chi connectivity index (χ0n) is 9.71. The van der Waals surface area contributed by atoms with Crippen molar-refractivity contribution in [3.63, 3.8) is 0 Å². The number of carbonyl (C=O) groups excluding carboxylic acids is 1. The lowest BCUT2D eigenvalue weighted by molar-refractivity contribution is -0.150. The first-order valence-electron chi connectivity index (χ1n) is 5.99. The monoisotopic (exact) mass is 211 g/mol. The molecule has 0 aromatic rings. The van der Waals surface area contributed by atoms with Crippen LogP contribution in [-0.4, -0.2) is 26.2 Å². The van der Waals surface area contributed by atoms with Crippen LogP contribution in [0.2, 0.25) is 0 Å². The highest BCUT2D eigenvalue weighted by Gasteiger charge is 2.51. The van der Waals surface area contributed by atoms with Gasteiger partial charge in [0, 0.05) is 13.1 Å². The van der Waals surface area contributed by atoms with Crippen molar-refractivity contribution in [3.8, 4) is 0 Å². The largest absolute Gasteiger partial charge is 0.469 e. The summed E-state index contributed by atoms with van der Waals surface area (Å²) in [5.74, 6) is 0.705. The van der Waals surface area contributed by atoms with Gasteiger partial charge in [0.15, 0.2) is 0 Å². The molecule has 15 heavy (non-hydrogen) atoms. The first-order chi connectivity index (χ1) is 7.20. The van der Waals surface area contributed by atoms with E-state index in [0.29, 0.717) is 5.92 Å². The first kappa shape index (κ1) is 10.9. The molecule has 2 fully saturated rings. The zero-order valence-corrected chi connectivity index (χ0v) is 9.71. The van der Waals surface area contributed by atoms with Crippen molar-refractivity contribution in [2.45, 2.75) is 32.6 Å². The molecule has 3 atom stereocenters. The fraction of sp³-hybridized carbons (Fsp3) is 0.917. The van der Waals surface area contributed by atoms with E-state index in [0.717, 1.165) is 13.1 Å². The predicted molar refractivity (Wildman–Crippen MR) is 58.4 cm³/mol. The topological polar surface area (TPSA) is 38.3 Å². The molecule has 1 aliphatic heterocycles. The van der Waals surface area contributed by atoms with Gasteiger partial charge < -0.3 is 10.1 Å². The molecule has 2 aliphatic rings. The maximum Gasteiger partial charge on any atom is 0.310 e. The smallest absolute Gasteiger partial charge is 0.310 e. The number of ether oxygens (including phenoxy) is 1. The van der Waals surface area contributed by atoms with Gasteiger partial charge in [-0.05, 0) is 17.8 Å². The molecule has 3 nitrogen and oxygen atoms in total. The molecule has 1 spiro atoms. The number of hydrogen-bond acceptors (Lipinski definition) is 3. The molecule has 0 bridgehead atoms. The maximum atomic E-state index is 11.8. The second-order valence-corrected chi connectivity index (χ2v) is 5.09. The van der Waals surface area contributed by atoms with Gasteiger partial charge >= 0.3 is 5.97 Å². The van der Waals surface area contributed by atoms with E-state index in [4.69, 9.17) is 4.74 Å². The van der Waals surface area contributed by atoms with Gasteiger partial charge in [0.25, 0.3) is 0 Å². The van der Waals surface area contributed by atoms with E-state index in [1.165, 1.54) is 32.8 Å². The molecule has 2 rings (SSSR count). The van der Waals surface area contributed by atoms with E-state index in [9.17, 15) is 4.79 Å². The molecule has 0 aromatic heterocycles. The lowest BCUT2D eigenvalue weighted by Crippen LogP contribution is -2.42. The summed E-state index contributed by atoms with van der Waals surface area (Å²) in [7, 11) is 1.50.